The SMILES string of the molecule is COC(=O)Nc1ccc(N=Cc2cccs2)cc1. The fraction of sp³-hybridized carbons (Fsp3) is 0.0769. The third-order valence-electron chi connectivity index (χ3n) is 2.18. The lowest BCUT2D eigenvalue weighted by atomic mass is 10.3. The van der Waals surface area contributed by atoms with Crippen molar-refractivity contribution in [2.24, 2.45) is 4.99 Å². The summed E-state index contributed by atoms with van der Waals surface area (Å²) in [5.41, 5.74) is 1.51. The predicted octanol–water partition coefficient (Wildman–Crippen LogP) is 3.68. The second-order valence-corrected chi connectivity index (χ2v) is 4.42. The molecule has 1 aromatic heterocycles. The lowest BCUT2D eigenvalue weighted by Crippen LogP contribution is -2.10. The van der Waals surface area contributed by atoms with Crippen molar-refractivity contribution in [2.45, 2.75) is 0 Å². The van der Waals surface area contributed by atoms with Crippen LogP contribution in [0, 0.1) is 0 Å². The number of amides is 1. The van der Waals surface area contributed by atoms with Gasteiger partial charge < -0.3 is 4.74 Å². The van der Waals surface area contributed by atoms with E-state index in [9.17, 15) is 4.79 Å². The molecule has 0 aliphatic heterocycles. The van der Waals surface area contributed by atoms with Crippen LogP contribution in [0.15, 0.2) is 46.8 Å². The highest BCUT2D eigenvalue weighted by Crippen LogP contribution is 2.17. The number of ether oxygens (including phenoxy) is 1. The van der Waals surface area contributed by atoms with E-state index in [0.29, 0.717) is 5.69 Å². The molecule has 0 fully saturated rings. The molecule has 0 saturated heterocycles. The van der Waals surface area contributed by atoms with Gasteiger partial charge in [-0.25, -0.2) is 4.79 Å². The Kier molecular flexibility index (Phi) is 4.09. The van der Waals surface area contributed by atoms with E-state index in [1.807, 2.05) is 35.9 Å². The normalized spacial score (nSPS) is 10.5. The van der Waals surface area contributed by atoms with Gasteiger partial charge in [0.1, 0.15) is 0 Å². The van der Waals surface area contributed by atoms with Crippen LogP contribution in [0.2, 0.25) is 0 Å². The first kappa shape index (κ1) is 12.3. The number of carbonyl (C=O) groups is 1. The Morgan fingerprint density at radius 1 is 1.33 bits per heavy atom. The monoisotopic (exact) mass is 260 g/mol. The lowest BCUT2D eigenvalue weighted by Gasteiger charge is -2.02. The minimum absolute atomic E-state index is 0.482. The van der Waals surface area contributed by atoms with Gasteiger partial charge in [-0.1, -0.05) is 6.07 Å². The minimum Gasteiger partial charge on any atom is -0.453 e. The molecule has 0 spiro atoms. The van der Waals surface area contributed by atoms with E-state index in [0.717, 1.165) is 10.6 Å². The Balaban J connectivity index is 2.01. The number of hydrogen-bond donors (Lipinski definition) is 1. The van der Waals surface area contributed by atoms with Gasteiger partial charge in [-0.15, -0.1) is 11.3 Å². The molecule has 0 bridgehead atoms. The van der Waals surface area contributed by atoms with Gasteiger partial charge in [0.15, 0.2) is 0 Å². The zero-order valence-corrected chi connectivity index (χ0v) is 10.6. The molecule has 4 nitrogen and oxygen atoms in total. The molecule has 1 heterocycles. The fourth-order valence-electron chi connectivity index (χ4n) is 1.30. The van der Waals surface area contributed by atoms with Crippen LogP contribution in [0.3, 0.4) is 0 Å². The zero-order chi connectivity index (χ0) is 12.8. The third-order valence-corrected chi connectivity index (χ3v) is 2.99. The molecular formula is C13H12N2O2S. The molecule has 5 heteroatoms. The number of nitrogens with zero attached hydrogens (tertiary/aromatic N) is 1. The minimum atomic E-state index is -0.482. The van der Waals surface area contributed by atoms with Crippen LogP contribution >= 0.6 is 11.3 Å². The van der Waals surface area contributed by atoms with Gasteiger partial charge in [-0.3, -0.25) is 10.3 Å². The molecule has 0 atom stereocenters. The number of aliphatic imine (C=N–C) groups is 1. The number of rotatable bonds is 3. The van der Waals surface area contributed by atoms with E-state index in [2.05, 4.69) is 15.0 Å². The molecule has 0 radical (unpaired) electrons. The van der Waals surface area contributed by atoms with Gasteiger partial charge >= 0.3 is 6.09 Å². The van der Waals surface area contributed by atoms with E-state index in [4.69, 9.17) is 0 Å². The average molecular weight is 260 g/mol. The molecule has 1 aromatic carbocycles. The standard InChI is InChI=1S/C13H12N2O2S/c1-17-13(16)15-11-6-4-10(5-7-11)14-9-12-3-2-8-18-12/h2-9H,1H3,(H,15,16). The van der Waals surface area contributed by atoms with Crippen LogP contribution in [0.4, 0.5) is 16.2 Å². The van der Waals surface area contributed by atoms with Crippen molar-refractivity contribution in [3.05, 3.63) is 46.7 Å². The molecule has 2 aromatic rings. The van der Waals surface area contributed by atoms with Crippen molar-refractivity contribution >= 4 is 35.0 Å². The summed E-state index contributed by atoms with van der Waals surface area (Å²) in [6.07, 6.45) is 1.33. The number of nitrogens with one attached hydrogen (secondary N) is 1. The Hall–Kier alpha value is -2.14. The maximum absolute atomic E-state index is 11.0. The maximum atomic E-state index is 11.0. The highest BCUT2D eigenvalue weighted by molar-refractivity contribution is 7.11. The summed E-state index contributed by atoms with van der Waals surface area (Å²) in [4.78, 5) is 16.4. The van der Waals surface area contributed by atoms with Crippen molar-refractivity contribution in [3.8, 4) is 0 Å². The van der Waals surface area contributed by atoms with Crippen LogP contribution in [-0.4, -0.2) is 19.4 Å². The lowest BCUT2D eigenvalue weighted by molar-refractivity contribution is 0.187. The molecular weight excluding hydrogens is 248 g/mol. The van der Waals surface area contributed by atoms with Crippen molar-refractivity contribution in [3.63, 3.8) is 0 Å². The molecule has 92 valence electrons. The maximum Gasteiger partial charge on any atom is 0.411 e. The quantitative estimate of drug-likeness (QED) is 0.856. The number of carbonyl (C=O) groups excluding carboxylic acids is 1. The summed E-state index contributed by atoms with van der Waals surface area (Å²) in [5, 5.41) is 4.58. The molecule has 0 unspecified atom stereocenters. The second-order valence-electron chi connectivity index (χ2n) is 3.44. The van der Waals surface area contributed by atoms with E-state index in [1.54, 1.807) is 23.5 Å². The highest BCUT2D eigenvalue weighted by atomic mass is 32.1. The second kappa shape index (κ2) is 5.97. The summed E-state index contributed by atoms with van der Waals surface area (Å²) < 4.78 is 4.50. The molecule has 0 aliphatic carbocycles. The zero-order valence-electron chi connectivity index (χ0n) is 9.79. The van der Waals surface area contributed by atoms with Crippen molar-refractivity contribution in [1.29, 1.82) is 0 Å². The van der Waals surface area contributed by atoms with Crippen LogP contribution in [0.5, 0.6) is 0 Å². The third kappa shape index (κ3) is 3.43. The van der Waals surface area contributed by atoms with Crippen molar-refractivity contribution in [2.75, 3.05) is 12.4 Å². The van der Waals surface area contributed by atoms with E-state index in [-0.39, 0.29) is 0 Å². The Bertz CT molecular complexity index is 533. The number of anilines is 1. The van der Waals surface area contributed by atoms with E-state index >= 15 is 0 Å². The van der Waals surface area contributed by atoms with Gasteiger partial charge in [-0.05, 0) is 35.7 Å². The molecule has 0 aliphatic rings. The summed E-state index contributed by atoms with van der Waals surface area (Å²) >= 11 is 1.63. The van der Waals surface area contributed by atoms with Crippen molar-refractivity contribution in [1.82, 2.24) is 0 Å². The highest BCUT2D eigenvalue weighted by Gasteiger charge is 1.99. The first-order valence-corrected chi connectivity index (χ1v) is 6.18. The first-order chi connectivity index (χ1) is 8.78. The Morgan fingerprint density at radius 2 is 2.11 bits per heavy atom. The Morgan fingerprint density at radius 3 is 2.72 bits per heavy atom. The number of benzene rings is 1. The molecule has 0 saturated carbocycles. The van der Waals surface area contributed by atoms with Crippen LogP contribution in [-0.2, 0) is 4.74 Å². The summed E-state index contributed by atoms with van der Waals surface area (Å²) in [6, 6.07) is 11.2. The van der Waals surface area contributed by atoms with Gasteiger partial charge in [-0.2, -0.15) is 0 Å². The predicted molar refractivity (Wildman–Crippen MR) is 74.0 cm³/mol. The van der Waals surface area contributed by atoms with Crippen molar-refractivity contribution < 1.29 is 9.53 Å². The number of hydrogen-bond acceptors (Lipinski definition) is 4. The smallest absolute Gasteiger partial charge is 0.411 e. The van der Waals surface area contributed by atoms with E-state index < -0.39 is 6.09 Å². The molecule has 1 N–H and O–H groups in total. The van der Waals surface area contributed by atoms with E-state index in [1.165, 1.54) is 7.11 Å². The topological polar surface area (TPSA) is 50.7 Å². The molecule has 1 amide bonds. The summed E-state index contributed by atoms with van der Waals surface area (Å²) in [5.74, 6) is 0. The van der Waals surface area contributed by atoms with Gasteiger partial charge in [0, 0.05) is 16.8 Å². The first-order valence-electron chi connectivity index (χ1n) is 5.30. The van der Waals surface area contributed by atoms with Crippen LogP contribution in [0.25, 0.3) is 0 Å². The molecule has 18 heavy (non-hydrogen) atoms. The Labute approximate surface area is 109 Å². The average Bonchev–Trinajstić information content (AvgIpc) is 2.91. The van der Waals surface area contributed by atoms with Crippen LogP contribution < -0.4 is 5.32 Å². The van der Waals surface area contributed by atoms with Gasteiger partial charge in [0.25, 0.3) is 0 Å². The molecule has 2 rings (SSSR count). The number of thiophene rings is 1. The summed E-state index contributed by atoms with van der Waals surface area (Å²) in [7, 11) is 1.33. The number of methoxy groups -OCH3 is 1. The largest absolute Gasteiger partial charge is 0.453 e. The summed E-state index contributed by atoms with van der Waals surface area (Å²) in [6.45, 7) is 0. The van der Waals surface area contributed by atoms with Crippen LogP contribution in [0.1, 0.15) is 4.88 Å². The van der Waals surface area contributed by atoms with Gasteiger partial charge in [0.2, 0.25) is 0 Å². The fourth-order valence-corrected chi connectivity index (χ4v) is 1.89. The van der Waals surface area contributed by atoms with Gasteiger partial charge in [0.05, 0.1) is 12.8 Å².